The van der Waals surface area contributed by atoms with E-state index in [2.05, 4.69) is 24.5 Å². The van der Waals surface area contributed by atoms with Gasteiger partial charge in [0, 0.05) is 19.0 Å². The molecule has 0 saturated heterocycles. The summed E-state index contributed by atoms with van der Waals surface area (Å²) in [5.74, 6) is 2.56. The number of rotatable bonds is 10. The molecule has 0 bridgehead atoms. The van der Waals surface area contributed by atoms with Crippen molar-refractivity contribution in [3.05, 3.63) is 0 Å². The smallest absolute Gasteiger partial charge is 0.221 e. The van der Waals surface area contributed by atoms with Crippen LogP contribution in [0, 0.1) is 0 Å². The summed E-state index contributed by atoms with van der Waals surface area (Å²) in [5.41, 5.74) is 0. The molecule has 0 radical (unpaired) electrons. The van der Waals surface area contributed by atoms with Crippen LogP contribution in [0.4, 0.5) is 0 Å². The lowest BCUT2D eigenvalue weighted by atomic mass is 10.2. The molecule has 2 N–H and O–H groups in total. The van der Waals surface area contributed by atoms with Crippen LogP contribution in [0.2, 0.25) is 0 Å². The molecule has 4 heteroatoms. The van der Waals surface area contributed by atoms with Crippen LogP contribution in [-0.4, -0.2) is 36.5 Å². The lowest BCUT2D eigenvalue weighted by molar-refractivity contribution is -0.121. The zero-order valence-electron chi connectivity index (χ0n) is 10.8. The van der Waals surface area contributed by atoms with E-state index in [9.17, 15) is 4.79 Å². The predicted octanol–water partition coefficient (Wildman–Crippen LogP) is 2.02. The predicted molar refractivity (Wildman–Crippen MR) is 73.0 cm³/mol. The summed E-state index contributed by atoms with van der Waals surface area (Å²) >= 11 is 1.96. The van der Waals surface area contributed by atoms with E-state index in [1.54, 1.807) is 0 Å². The number of hydrogen-bond acceptors (Lipinski definition) is 3. The highest BCUT2D eigenvalue weighted by atomic mass is 32.2. The molecule has 0 heterocycles. The molecule has 0 fully saturated rings. The molecular formula is C12H26N2OS. The fourth-order valence-electron chi connectivity index (χ4n) is 1.22. The second-order valence-electron chi connectivity index (χ2n) is 3.93. The third kappa shape index (κ3) is 10.3. The third-order valence-corrected chi connectivity index (χ3v) is 3.38. The Kier molecular flexibility index (Phi) is 11.1. The van der Waals surface area contributed by atoms with Crippen LogP contribution < -0.4 is 10.6 Å². The first-order valence-corrected chi connectivity index (χ1v) is 7.44. The summed E-state index contributed by atoms with van der Waals surface area (Å²) in [7, 11) is 0. The highest BCUT2D eigenvalue weighted by Crippen LogP contribution is 1.99. The third-order valence-electron chi connectivity index (χ3n) is 2.39. The van der Waals surface area contributed by atoms with Gasteiger partial charge in [0.15, 0.2) is 0 Å². The standard InChI is InChI=1S/C12H26N2OS/c1-4-11(3)14-12(15)7-9-13-8-6-10-16-5-2/h11,13H,4-10H2,1-3H3,(H,14,15). The van der Waals surface area contributed by atoms with Crippen LogP contribution in [-0.2, 0) is 4.79 Å². The van der Waals surface area contributed by atoms with E-state index in [4.69, 9.17) is 0 Å². The minimum Gasteiger partial charge on any atom is -0.354 e. The lowest BCUT2D eigenvalue weighted by Crippen LogP contribution is -2.34. The van der Waals surface area contributed by atoms with Crippen molar-refractivity contribution >= 4 is 17.7 Å². The quantitative estimate of drug-likeness (QED) is 0.580. The molecule has 0 aromatic heterocycles. The molecule has 0 aliphatic rings. The molecule has 1 amide bonds. The molecule has 0 saturated carbocycles. The average molecular weight is 246 g/mol. The van der Waals surface area contributed by atoms with Crippen molar-refractivity contribution in [2.75, 3.05) is 24.6 Å². The Morgan fingerprint density at radius 2 is 2.06 bits per heavy atom. The van der Waals surface area contributed by atoms with Gasteiger partial charge in [-0.15, -0.1) is 0 Å². The van der Waals surface area contributed by atoms with Crippen molar-refractivity contribution < 1.29 is 4.79 Å². The molecular weight excluding hydrogens is 220 g/mol. The summed E-state index contributed by atoms with van der Waals surface area (Å²) in [6.45, 7) is 8.10. The first-order chi connectivity index (χ1) is 7.70. The van der Waals surface area contributed by atoms with Gasteiger partial charge < -0.3 is 10.6 Å². The molecule has 1 atom stereocenters. The topological polar surface area (TPSA) is 41.1 Å². The largest absolute Gasteiger partial charge is 0.354 e. The lowest BCUT2D eigenvalue weighted by Gasteiger charge is -2.11. The van der Waals surface area contributed by atoms with Gasteiger partial charge in [-0.05, 0) is 37.8 Å². The fourth-order valence-corrected chi connectivity index (χ4v) is 1.86. The Balaban J connectivity index is 3.21. The molecule has 96 valence electrons. The Morgan fingerprint density at radius 3 is 2.69 bits per heavy atom. The van der Waals surface area contributed by atoms with E-state index in [1.165, 1.54) is 17.9 Å². The Labute approximate surface area is 104 Å². The van der Waals surface area contributed by atoms with E-state index in [0.717, 1.165) is 19.5 Å². The fraction of sp³-hybridized carbons (Fsp3) is 0.917. The highest BCUT2D eigenvalue weighted by Gasteiger charge is 2.03. The van der Waals surface area contributed by atoms with Gasteiger partial charge in [0.2, 0.25) is 5.91 Å². The Bertz CT molecular complexity index is 176. The zero-order chi connectivity index (χ0) is 12.2. The molecule has 0 aromatic carbocycles. The van der Waals surface area contributed by atoms with Crippen molar-refractivity contribution in [2.24, 2.45) is 0 Å². The average Bonchev–Trinajstić information content (AvgIpc) is 2.27. The molecule has 0 aliphatic heterocycles. The molecule has 1 unspecified atom stereocenters. The van der Waals surface area contributed by atoms with Crippen molar-refractivity contribution in [3.8, 4) is 0 Å². The maximum atomic E-state index is 11.4. The van der Waals surface area contributed by atoms with Crippen LogP contribution in [0.15, 0.2) is 0 Å². The van der Waals surface area contributed by atoms with Gasteiger partial charge >= 0.3 is 0 Å². The van der Waals surface area contributed by atoms with Gasteiger partial charge in [-0.25, -0.2) is 0 Å². The normalized spacial score (nSPS) is 12.4. The van der Waals surface area contributed by atoms with Crippen molar-refractivity contribution in [1.82, 2.24) is 10.6 Å². The van der Waals surface area contributed by atoms with Crippen LogP contribution >= 0.6 is 11.8 Å². The SMILES string of the molecule is CCSCCCNCCC(=O)NC(C)CC. The van der Waals surface area contributed by atoms with Gasteiger partial charge in [-0.3, -0.25) is 4.79 Å². The van der Waals surface area contributed by atoms with E-state index in [0.29, 0.717) is 12.5 Å². The van der Waals surface area contributed by atoms with Crippen LogP contribution in [0.3, 0.4) is 0 Å². The number of thioether (sulfide) groups is 1. The second kappa shape index (κ2) is 11.3. The van der Waals surface area contributed by atoms with Crippen molar-refractivity contribution in [1.29, 1.82) is 0 Å². The van der Waals surface area contributed by atoms with Gasteiger partial charge in [0.1, 0.15) is 0 Å². The molecule has 0 spiro atoms. The summed E-state index contributed by atoms with van der Waals surface area (Å²) in [4.78, 5) is 11.4. The summed E-state index contributed by atoms with van der Waals surface area (Å²) in [5, 5.41) is 6.25. The van der Waals surface area contributed by atoms with E-state index >= 15 is 0 Å². The van der Waals surface area contributed by atoms with Crippen LogP contribution in [0.25, 0.3) is 0 Å². The minimum absolute atomic E-state index is 0.157. The number of carbonyl (C=O) groups excluding carboxylic acids is 1. The Morgan fingerprint density at radius 1 is 1.31 bits per heavy atom. The summed E-state index contributed by atoms with van der Waals surface area (Å²) < 4.78 is 0. The van der Waals surface area contributed by atoms with E-state index < -0.39 is 0 Å². The first-order valence-electron chi connectivity index (χ1n) is 6.28. The monoisotopic (exact) mass is 246 g/mol. The van der Waals surface area contributed by atoms with Crippen molar-refractivity contribution in [3.63, 3.8) is 0 Å². The van der Waals surface area contributed by atoms with Gasteiger partial charge in [-0.2, -0.15) is 11.8 Å². The first kappa shape index (κ1) is 15.8. The Hall–Kier alpha value is -0.220. The van der Waals surface area contributed by atoms with Gasteiger partial charge in [0.25, 0.3) is 0 Å². The van der Waals surface area contributed by atoms with Gasteiger partial charge in [-0.1, -0.05) is 13.8 Å². The summed E-state index contributed by atoms with van der Waals surface area (Å²) in [6.07, 6.45) is 2.77. The summed E-state index contributed by atoms with van der Waals surface area (Å²) in [6, 6.07) is 0.299. The highest BCUT2D eigenvalue weighted by molar-refractivity contribution is 7.99. The number of nitrogens with one attached hydrogen (secondary N) is 2. The van der Waals surface area contributed by atoms with Crippen molar-refractivity contribution in [2.45, 2.75) is 46.1 Å². The van der Waals surface area contributed by atoms with E-state index in [1.807, 2.05) is 18.7 Å². The van der Waals surface area contributed by atoms with Crippen LogP contribution in [0.1, 0.15) is 40.0 Å². The molecule has 0 aliphatic carbocycles. The minimum atomic E-state index is 0.157. The number of hydrogen-bond donors (Lipinski definition) is 2. The maximum Gasteiger partial charge on any atom is 0.221 e. The molecule has 16 heavy (non-hydrogen) atoms. The number of carbonyl (C=O) groups is 1. The van der Waals surface area contributed by atoms with E-state index in [-0.39, 0.29) is 5.91 Å². The van der Waals surface area contributed by atoms with Gasteiger partial charge in [0.05, 0.1) is 0 Å². The van der Waals surface area contributed by atoms with Crippen LogP contribution in [0.5, 0.6) is 0 Å². The molecule has 0 aromatic rings. The second-order valence-corrected chi connectivity index (χ2v) is 5.32. The zero-order valence-corrected chi connectivity index (χ0v) is 11.7. The molecule has 0 rings (SSSR count). The number of amides is 1. The molecule has 3 nitrogen and oxygen atoms in total. The maximum absolute atomic E-state index is 11.4.